The molecule has 0 fully saturated rings. The van der Waals surface area contributed by atoms with Gasteiger partial charge >= 0.3 is 0 Å². The number of amides is 1. The van der Waals surface area contributed by atoms with E-state index in [-0.39, 0.29) is 11.9 Å². The molecule has 0 aliphatic rings. The quantitative estimate of drug-likeness (QED) is 0.766. The number of carbonyl (C=O) groups is 1. The fourth-order valence-electron chi connectivity index (χ4n) is 2.41. The van der Waals surface area contributed by atoms with Crippen LogP contribution in [0.3, 0.4) is 0 Å². The minimum Gasteiger partial charge on any atom is -0.457 e. The highest BCUT2D eigenvalue weighted by Gasteiger charge is 2.14. The van der Waals surface area contributed by atoms with E-state index in [4.69, 9.17) is 4.42 Å². The van der Waals surface area contributed by atoms with Gasteiger partial charge < -0.3 is 9.32 Å². The van der Waals surface area contributed by atoms with E-state index in [9.17, 15) is 4.79 Å². The molecular formula is C18H23NO2. The predicted molar refractivity (Wildman–Crippen MR) is 86.9 cm³/mol. The Bertz CT molecular complexity index is 606. The SMILES string of the molecule is CC(C)CC(C)N(C)C(=O)/C=C/c1cc2ccccc2o1. The van der Waals surface area contributed by atoms with Crippen molar-refractivity contribution in [3.05, 3.63) is 42.2 Å². The van der Waals surface area contributed by atoms with Crippen molar-refractivity contribution in [3.8, 4) is 0 Å². The van der Waals surface area contributed by atoms with Crippen LogP contribution in [0.1, 0.15) is 33.0 Å². The highest BCUT2D eigenvalue weighted by Crippen LogP contribution is 2.19. The number of fused-ring (bicyclic) bond motifs is 1. The van der Waals surface area contributed by atoms with Crippen LogP contribution in [-0.4, -0.2) is 23.9 Å². The Morgan fingerprint density at radius 1 is 1.29 bits per heavy atom. The van der Waals surface area contributed by atoms with E-state index in [2.05, 4.69) is 20.8 Å². The van der Waals surface area contributed by atoms with E-state index >= 15 is 0 Å². The molecule has 21 heavy (non-hydrogen) atoms. The number of carbonyl (C=O) groups excluding carboxylic acids is 1. The first-order chi connectivity index (χ1) is 9.97. The Kier molecular flexibility index (Phi) is 4.84. The van der Waals surface area contributed by atoms with Crippen molar-refractivity contribution in [2.75, 3.05) is 7.05 Å². The van der Waals surface area contributed by atoms with Crippen LogP contribution in [0.25, 0.3) is 17.0 Å². The van der Waals surface area contributed by atoms with Gasteiger partial charge in [-0.15, -0.1) is 0 Å². The molecule has 1 atom stereocenters. The standard InChI is InChI=1S/C18H23NO2/c1-13(2)11-14(3)19(4)18(20)10-9-16-12-15-7-5-6-8-17(15)21-16/h5-10,12-14H,11H2,1-4H3/b10-9+. The zero-order chi connectivity index (χ0) is 15.4. The first-order valence-electron chi connectivity index (χ1n) is 7.41. The summed E-state index contributed by atoms with van der Waals surface area (Å²) in [5.41, 5.74) is 0.839. The lowest BCUT2D eigenvalue weighted by molar-refractivity contribution is -0.126. The second-order valence-electron chi connectivity index (χ2n) is 5.95. The van der Waals surface area contributed by atoms with Gasteiger partial charge in [0.15, 0.2) is 0 Å². The summed E-state index contributed by atoms with van der Waals surface area (Å²) in [6.07, 6.45) is 4.32. The van der Waals surface area contributed by atoms with Crippen molar-refractivity contribution in [1.82, 2.24) is 4.90 Å². The maximum atomic E-state index is 12.2. The minimum atomic E-state index is 0.00334. The number of furan rings is 1. The third kappa shape index (κ3) is 3.97. The smallest absolute Gasteiger partial charge is 0.246 e. The molecule has 0 aliphatic heterocycles. The molecule has 0 radical (unpaired) electrons. The minimum absolute atomic E-state index is 0.00334. The second-order valence-corrected chi connectivity index (χ2v) is 5.95. The number of rotatable bonds is 5. The van der Waals surface area contributed by atoms with Gasteiger partial charge in [-0.2, -0.15) is 0 Å². The third-order valence-corrected chi connectivity index (χ3v) is 3.66. The Labute approximate surface area is 126 Å². The number of nitrogens with zero attached hydrogens (tertiary/aromatic N) is 1. The molecule has 0 spiro atoms. The monoisotopic (exact) mass is 285 g/mol. The Morgan fingerprint density at radius 3 is 2.67 bits per heavy atom. The van der Waals surface area contributed by atoms with Crippen LogP contribution < -0.4 is 0 Å². The van der Waals surface area contributed by atoms with Crippen LogP contribution in [0.5, 0.6) is 0 Å². The fraction of sp³-hybridized carbons (Fsp3) is 0.389. The zero-order valence-corrected chi connectivity index (χ0v) is 13.2. The Hall–Kier alpha value is -2.03. The normalized spacial score (nSPS) is 13.2. The molecule has 1 aromatic heterocycles. The van der Waals surface area contributed by atoms with Gasteiger partial charge in [-0.05, 0) is 37.5 Å². The second kappa shape index (κ2) is 6.61. The Morgan fingerprint density at radius 2 is 2.00 bits per heavy atom. The highest BCUT2D eigenvalue weighted by atomic mass is 16.3. The molecule has 0 saturated carbocycles. The van der Waals surface area contributed by atoms with Crippen LogP contribution in [-0.2, 0) is 4.79 Å². The summed E-state index contributed by atoms with van der Waals surface area (Å²) in [5.74, 6) is 1.28. The summed E-state index contributed by atoms with van der Waals surface area (Å²) >= 11 is 0. The molecule has 0 aliphatic carbocycles. The third-order valence-electron chi connectivity index (χ3n) is 3.66. The maximum absolute atomic E-state index is 12.2. The lowest BCUT2D eigenvalue weighted by Gasteiger charge is -2.25. The fourth-order valence-corrected chi connectivity index (χ4v) is 2.41. The lowest BCUT2D eigenvalue weighted by atomic mass is 10.0. The van der Waals surface area contributed by atoms with E-state index in [0.717, 1.165) is 17.4 Å². The molecular weight excluding hydrogens is 262 g/mol. The lowest BCUT2D eigenvalue weighted by Crippen LogP contribution is -2.34. The maximum Gasteiger partial charge on any atom is 0.246 e. The number of para-hydroxylation sites is 1. The van der Waals surface area contributed by atoms with Crippen LogP contribution in [0.2, 0.25) is 0 Å². The molecule has 1 heterocycles. The van der Waals surface area contributed by atoms with Gasteiger partial charge in [-0.3, -0.25) is 4.79 Å². The molecule has 3 heteroatoms. The predicted octanol–water partition coefficient (Wildman–Crippen LogP) is 4.34. The van der Waals surface area contributed by atoms with Crippen molar-refractivity contribution in [1.29, 1.82) is 0 Å². The van der Waals surface area contributed by atoms with Gasteiger partial charge in [0.1, 0.15) is 11.3 Å². The summed E-state index contributed by atoms with van der Waals surface area (Å²) in [5, 5.41) is 1.05. The summed E-state index contributed by atoms with van der Waals surface area (Å²) in [6, 6.07) is 10.00. The van der Waals surface area contributed by atoms with Crippen molar-refractivity contribution >= 4 is 23.0 Å². The van der Waals surface area contributed by atoms with Crippen molar-refractivity contribution in [2.45, 2.75) is 33.2 Å². The number of likely N-dealkylation sites (N-methyl/N-ethyl adjacent to an activating group) is 1. The molecule has 0 bridgehead atoms. The molecule has 2 aromatic rings. The van der Waals surface area contributed by atoms with Crippen molar-refractivity contribution in [3.63, 3.8) is 0 Å². The summed E-state index contributed by atoms with van der Waals surface area (Å²) < 4.78 is 5.67. The topological polar surface area (TPSA) is 33.5 Å². The van der Waals surface area contributed by atoms with Gasteiger partial charge in [0.05, 0.1) is 0 Å². The largest absolute Gasteiger partial charge is 0.457 e. The average Bonchev–Trinajstić information content (AvgIpc) is 2.85. The highest BCUT2D eigenvalue weighted by molar-refractivity contribution is 5.92. The van der Waals surface area contributed by atoms with Crippen LogP contribution >= 0.6 is 0 Å². The van der Waals surface area contributed by atoms with Gasteiger partial charge in [-0.25, -0.2) is 0 Å². The molecule has 1 aromatic carbocycles. The number of hydrogen-bond donors (Lipinski definition) is 0. The number of hydrogen-bond acceptors (Lipinski definition) is 2. The molecule has 3 nitrogen and oxygen atoms in total. The van der Waals surface area contributed by atoms with E-state index in [1.165, 1.54) is 0 Å². The molecule has 112 valence electrons. The van der Waals surface area contributed by atoms with Crippen molar-refractivity contribution < 1.29 is 9.21 Å². The number of benzene rings is 1. The van der Waals surface area contributed by atoms with E-state index in [0.29, 0.717) is 11.7 Å². The van der Waals surface area contributed by atoms with E-state index < -0.39 is 0 Å². The summed E-state index contributed by atoms with van der Waals surface area (Å²) in [7, 11) is 1.85. The van der Waals surface area contributed by atoms with Gasteiger partial charge in [0, 0.05) is 24.6 Å². The molecule has 2 rings (SSSR count). The molecule has 1 unspecified atom stereocenters. The summed E-state index contributed by atoms with van der Waals surface area (Å²) in [6.45, 7) is 6.41. The van der Waals surface area contributed by atoms with Crippen LogP contribution in [0.15, 0.2) is 40.8 Å². The summed E-state index contributed by atoms with van der Waals surface area (Å²) in [4.78, 5) is 13.9. The van der Waals surface area contributed by atoms with E-state index in [1.54, 1.807) is 17.1 Å². The molecule has 1 amide bonds. The molecule has 0 N–H and O–H groups in total. The average molecular weight is 285 g/mol. The zero-order valence-electron chi connectivity index (χ0n) is 13.2. The van der Waals surface area contributed by atoms with Gasteiger partial charge in [0.25, 0.3) is 0 Å². The first kappa shape index (κ1) is 15.4. The Balaban J connectivity index is 2.04. The van der Waals surface area contributed by atoms with Gasteiger partial charge in [-0.1, -0.05) is 32.0 Å². The van der Waals surface area contributed by atoms with Gasteiger partial charge in [0.2, 0.25) is 5.91 Å². The first-order valence-corrected chi connectivity index (χ1v) is 7.41. The van der Waals surface area contributed by atoms with Crippen LogP contribution in [0.4, 0.5) is 0 Å². The van der Waals surface area contributed by atoms with Crippen LogP contribution in [0, 0.1) is 5.92 Å². The van der Waals surface area contributed by atoms with E-state index in [1.807, 2.05) is 37.4 Å². The van der Waals surface area contributed by atoms with Crippen molar-refractivity contribution in [2.24, 2.45) is 5.92 Å². The molecule has 0 saturated heterocycles.